The van der Waals surface area contributed by atoms with Gasteiger partial charge in [-0.25, -0.2) is 0 Å². The van der Waals surface area contributed by atoms with Crippen molar-refractivity contribution in [2.75, 3.05) is 12.0 Å². The highest BCUT2D eigenvalue weighted by Crippen LogP contribution is 2.38. The maximum absolute atomic E-state index is 12.8. The predicted molar refractivity (Wildman–Crippen MR) is 122 cm³/mol. The Kier molecular flexibility index (Phi) is 5.91. The van der Waals surface area contributed by atoms with Crippen LogP contribution in [0.25, 0.3) is 6.08 Å². The first-order valence-electron chi connectivity index (χ1n) is 7.00. The molecular formula is C17H11I2NO3S2. The lowest BCUT2D eigenvalue weighted by molar-refractivity contribution is -0.113. The Hall–Kier alpha value is -0.850. The van der Waals surface area contributed by atoms with Crippen LogP contribution in [0.4, 0.5) is 5.69 Å². The molecule has 0 saturated carbocycles. The van der Waals surface area contributed by atoms with Gasteiger partial charge in [0.1, 0.15) is 11.5 Å². The zero-order chi connectivity index (χ0) is 18.1. The summed E-state index contributed by atoms with van der Waals surface area (Å²) in [6, 6.07) is 10.8. The lowest BCUT2D eigenvalue weighted by Crippen LogP contribution is -2.27. The van der Waals surface area contributed by atoms with Gasteiger partial charge in [0.2, 0.25) is 0 Å². The minimum absolute atomic E-state index is 0.163. The second kappa shape index (κ2) is 7.80. The first kappa shape index (κ1) is 18.9. The number of benzene rings is 2. The quantitative estimate of drug-likeness (QED) is 0.307. The number of anilines is 1. The predicted octanol–water partition coefficient (Wildman–Crippen LogP) is 5.02. The van der Waals surface area contributed by atoms with Crippen LogP contribution in [0.2, 0.25) is 0 Å². The summed E-state index contributed by atoms with van der Waals surface area (Å²) in [5.74, 6) is 0.673. The van der Waals surface area contributed by atoms with Gasteiger partial charge >= 0.3 is 0 Å². The Morgan fingerprint density at radius 1 is 1.24 bits per heavy atom. The van der Waals surface area contributed by atoms with Gasteiger partial charge in [-0.15, -0.1) is 0 Å². The molecule has 1 aliphatic heterocycles. The summed E-state index contributed by atoms with van der Waals surface area (Å²) in [5.41, 5.74) is 1.29. The van der Waals surface area contributed by atoms with Gasteiger partial charge in [-0.1, -0.05) is 24.0 Å². The number of amides is 1. The van der Waals surface area contributed by atoms with E-state index in [9.17, 15) is 9.90 Å². The zero-order valence-corrected chi connectivity index (χ0v) is 18.8. The lowest BCUT2D eigenvalue weighted by Gasteiger charge is -2.14. The third kappa shape index (κ3) is 3.96. The van der Waals surface area contributed by atoms with Crippen LogP contribution in [0.15, 0.2) is 41.3 Å². The Balaban J connectivity index is 1.96. The molecule has 0 atom stereocenters. The number of halogens is 2. The number of carbonyl (C=O) groups excluding carboxylic acids is 1. The van der Waals surface area contributed by atoms with E-state index in [0.717, 1.165) is 7.14 Å². The molecule has 0 spiro atoms. The first-order valence-corrected chi connectivity index (χ1v) is 10.4. The zero-order valence-electron chi connectivity index (χ0n) is 12.8. The van der Waals surface area contributed by atoms with E-state index in [0.29, 0.717) is 26.2 Å². The molecule has 0 radical (unpaired) electrons. The number of aromatic hydroxyl groups is 1. The van der Waals surface area contributed by atoms with Crippen molar-refractivity contribution in [2.45, 2.75) is 0 Å². The number of thioether (sulfide) groups is 1. The second-order valence-corrected chi connectivity index (χ2v) is 9.12. The summed E-state index contributed by atoms with van der Waals surface area (Å²) < 4.78 is 7.32. The fourth-order valence-electron chi connectivity index (χ4n) is 2.26. The van der Waals surface area contributed by atoms with E-state index >= 15 is 0 Å². The second-order valence-electron chi connectivity index (χ2n) is 5.04. The van der Waals surface area contributed by atoms with Gasteiger partial charge in [0.05, 0.1) is 21.3 Å². The molecule has 128 valence electrons. The number of rotatable bonds is 3. The van der Waals surface area contributed by atoms with Crippen LogP contribution in [0.3, 0.4) is 0 Å². The highest BCUT2D eigenvalue weighted by molar-refractivity contribution is 14.1. The normalized spacial score (nSPS) is 16.0. The van der Waals surface area contributed by atoms with E-state index in [2.05, 4.69) is 45.2 Å². The van der Waals surface area contributed by atoms with Crippen LogP contribution in [0.1, 0.15) is 5.56 Å². The highest BCUT2D eigenvalue weighted by atomic mass is 127. The third-order valence-electron chi connectivity index (χ3n) is 3.47. The molecule has 0 unspecified atom stereocenters. The topological polar surface area (TPSA) is 49.8 Å². The Labute approximate surface area is 181 Å². The van der Waals surface area contributed by atoms with E-state index in [1.165, 1.54) is 16.7 Å². The van der Waals surface area contributed by atoms with E-state index in [-0.39, 0.29) is 11.7 Å². The summed E-state index contributed by atoms with van der Waals surface area (Å²) >= 11 is 10.8. The van der Waals surface area contributed by atoms with Gasteiger partial charge in [0.15, 0.2) is 4.32 Å². The standard InChI is InChI=1S/C17H11I2NO3S2/c1-23-12-4-2-11(3-5-12)20-16(22)14(25-17(20)24)7-9-6-10(18)8-13(19)15(9)21/h2-8,21H,1H3/b14-7+. The molecule has 2 aromatic rings. The largest absolute Gasteiger partial charge is 0.506 e. The minimum atomic E-state index is -0.201. The summed E-state index contributed by atoms with van der Waals surface area (Å²) in [7, 11) is 1.59. The van der Waals surface area contributed by atoms with Gasteiger partial charge in [-0.2, -0.15) is 0 Å². The van der Waals surface area contributed by atoms with E-state index in [4.69, 9.17) is 17.0 Å². The number of carbonyl (C=O) groups is 1. The SMILES string of the molecule is COc1ccc(N2C(=O)/C(=C\c3cc(I)cc(I)c3O)SC2=S)cc1. The van der Waals surface area contributed by atoms with Gasteiger partial charge in [-0.3, -0.25) is 9.69 Å². The van der Waals surface area contributed by atoms with Crippen molar-refractivity contribution in [3.05, 3.63) is 54.0 Å². The van der Waals surface area contributed by atoms with E-state index < -0.39 is 0 Å². The molecule has 0 aliphatic carbocycles. The summed E-state index contributed by atoms with van der Waals surface area (Å²) in [6.07, 6.45) is 1.68. The van der Waals surface area contributed by atoms with Crippen LogP contribution in [0.5, 0.6) is 11.5 Å². The van der Waals surface area contributed by atoms with Crippen molar-refractivity contribution in [1.29, 1.82) is 0 Å². The van der Waals surface area contributed by atoms with Crippen molar-refractivity contribution in [3.8, 4) is 11.5 Å². The average molecular weight is 595 g/mol. The number of nitrogens with zero attached hydrogens (tertiary/aromatic N) is 1. The minimum Gasteiger partial charge on any atom is -0.506 e. The number of hydrogen-bond acceptors (Lipinski definition) is 5. The van der Waals surface area contributed by atoms with Crippen LogP contribution in [-0.4, -0.2) is 22.4 Å². The Morgan fingerprint density at radius 2 is 1.92 bits per heavy atom. The smallest absolute Gasteiger partial charge is 0.270 e. The number of phenols is 1. The molecule has 2 aromatic carbocycles. The van der Waals surface area contributed by atoms with Crippen LogP contribution in [0, 0.1) is 7.14 Å². The van der Waals surface area contributed by atoms with Gasteiger partial charge < -0.3 is 9.84 Å². The van der Waals surface area contributed by atoms with E-state index in [1.807, 2.05) is 12.1 Å². The third-order valence-corrected chi connectivity index (χ3v) is 6.22. The highest BCUT2D eigenvalue weighted by Gasteiger charge is 2.33. The molecule has 1 heterocycles. The van der Waals surface area contributed by atoms with Crippen molar-refractivity contribution in [1.82, 2.24) is 0 Å². The molecule has 3 rings (SSSR count). The molecule has 8 heteroatoms. The molecule has 1 aliphatic rings. The lowest BCUT2D eigenvalue weighted by atomic mass is 10.2. The van der Waals surface area contributed by atoms with Crippen LogP contribution in [-0.2, 0) is 4.79 Å². The van der Waals surface area contributed by atoms with Gasteiger partial charge in [0.25, 0.3) is 5.91 Å². The Morgan fingerprint density at radius 3 is 2.56 bits per heavy atom. The van der Waals surface area contributed by atoms with Crippen molar-refractivity contribution in [3.63, 3.8) is 0 Å². The Bertz CT molecular complexity index is 898. The molecule has 25 heavy (non-hydrogen) atoms. The molecule has 1 saturated heterocycles. The molecule has 0 bridgehead atoms. The summed E-state index contributed by atoms with van der Waals surface area (Å²) in [5, 5.41) is 10.2. The van der Waals surface area contributed by atoms with Gasteiger partial charge in [0, 0.05) is 9.13 Å². The number of methoxy groups -OCH3 is 1. The van der Waals surface area contributed by atoms with Crippen molar-refractivity contribution >= 4 is 91.2 Å². The molecule has 0 aromatic heterocycles. The molecule has 1 fully saturated rings. The van der Waals surface area contributed by atoms with Crippen molar-refractivity contribution in [2.24, 2.45) is 0 Å². The number of hydrogen-bond donors (Lipinski definition) is 1. The summed E-state index contributed by atoms with van der Waals surface area (Å²) in [4.78, 5) is 14.8. The molecule has 1 amide bonds. The monoisotopic (exact) mass is 595 g/mol. The first-order chi connectivity index (χ1) is 11.9. The summed E-state index contributed by atoms with van der Waals surface area (Å²) in [6.45, 7) is 0. The van der Waals surface area contributed by atoms with E-state index in [1.54, 1.807) is 37.5 Å². The number of ether oxygens (including phenoxy) is 1. The molecule has 4 nitrogen and oxygen atoms in total. The molecule has 1 N–H and O–H groups in total. The maximum atomic E-state index is 12.8. The maximum Gasteiger partial charge on any atom is 0.270 e. The number of phenolic OH excluding ortho intramolecular Hbond substituents is 1. The van der Waals surface area contributed by atoms with Crippen LogP contribution >= 0.6 is 69.2 Å². The van der Waals surface area contributed by atoms with Crippen LogP contribution < -0.4 is 9.64 Å². The number of thiocarbonyl (C=S) groups is 1. The average Bonchev–Trinajstić information content (AvgIpc) is 2.86. The fraction of sp³-hybridized carbons (Fsp3) is 0.0588. The fourth-order valence-corrected chi connectivity index (χ4v) is 5.44. The van der Waals surface area contributed by atoms with Crippen molar-refractivity contribution < 1.29 is 14.6 Å². The van der Waals surface area contributed by atoms with Gasteiger partial charge in [-0.05, 0) is 87.7 Å². The molecular weight excluding hydrogens is 584 g/mol.